The zero-order chi connectivity index (χ0) is 20.5. The molecule has 1 amide bonds. The van der Waals surface area contributed by atoms with Gasteiger partial charge in [0.05, 0.1) is 17.9 Å². The second kappa shape index (κ2) is 7.60. The average Bonchev–Trinajstić information content (AvgIpc) is 3.51. The molecule has 0 radical (unpaired) electrons. The molecule has 4 aromatic rings. The molecule has 4 heterocycles. The number of thiazole rings is 1. The van der Waals surface area contributed by atoms with Crippen LogP contribution in [-0.4, -0.2) is 32.9 Å². The standard InChI is InChI=1S/C21H17N5O3S/c1-12-19(30-21(24-12)14-3-2-6-22-9-14)10-23-20(27)16-8-15(25-26-16)13-4-5-17-18(7-13)29-11-28-17/h2-9H,10-11H2,1H3,(H,23,27)(H,25,26). The maximum Gasteiger partial charge on any atom is 0.269 e. The summed E-state index contributed by atoms with van der Waals surface area (Å²) < 4.78 is 10.7. The van der Waals surface area contributed by atoms with Crippen LogP contribution >= 0.6 is 11.3 Å². The van der Waals surface area contributed by atoms with Crippen LogP contribution in [0, 0.1) is 6.92 Å². The highest BCUT2D eigenvalue weighted by Crippen LogP contribution is 2.35. The van der Waals surface area contributed by atoms with Gasteiger partial charge in [0, 0.05) is 28.4 Å². The van der Waals surface area contributed by atoms with Crippen molar-refractivity contribution in [1.82, 2.24) is 25.5 Å². The summed E-state index contributed by atoms with van der Waals surface area (Å²) >= 11 is 1.55. The van der Waals surface area contributed by atoms with Crippen molar-refractivity contribution in [3.8, 4) is 33.3 Å². The Kier molecular flexibility index (Phi) is 4.64. The molecule has 5 rings (SSSR count). The number of hydrogen-bond donors (Lipinski definition) is 2. The van der Waals surface area contributed by atoms with E-state index in [9.17, 15) is 4.79 Å². The predicted octanol–water partition coefficient (Wildman–Crippen LogP) is 3.56. The summed E-state index contributed by atoms with van der Waals surface area (Å²) in [7, 11) is 0. The number of nitrogens with one attached hydrogen (secondary N) is 2. The van der Waals surface area contributed by atoms with Gasteiger partial charge in [0.15, 0.2) is 11.5 Å². The number of amides is 1. The Hall–Kier alpha value is -3.72. The number of aromatic amines is 1. The third-order valence-electron chi connectivity index (χ3n) is 4.70. The van der Waals surface area contributed by atoms with Gasteiger partial charge < -0.3 is 14.8 Å². The predicted molar refractivity (Wildman–Crippen MR) is 111 cm³/mol. The number of benzene rings is 1. The van der Waals surface area contributed by atoms with Crippen molar-refractivity contribution >= 4 is 17.2 Å². The lowest BCUT2D eigenvalue weighted by Gasteiger charge is -2.01. The van der Waals surface area contributed by atoms with Crippen molar-refractivity contribution in [2.24, 2.45) is 0 Å². The third kappa shape index (κ3) is 3.50. The van der Waals surface area contributed by atoms with Crippen molar-refractivity contribution in [3.63, 3.8) is 0 Å². The maximum atomic E-state index is 12.6. The number of ether oxygens (including phenoxy) is 2. The third-order valence-corrected chi connectivity index (χ3v) is 5.91. The average molecular weight is 419 g/mol. The van der Waals surface area contributed by atoms with Gasteiger partial charge in [-0.1, -0.05) is 0 Å². The Morgan fingerprint density at radius 1 is 1.20 bits per heavy atom. The van der Waals surface area contributed by atoms with Crippen LogP contribution in [0.4, 0.5) is 0 Å². The molecule has 1 aromatic carbocycles. The lowest BCUT2D eigenvalue weighted by Crippen LogP contribution is -2.23. The molecule has 0 unspecified atom stereocenters. The molecule has 30 heavy (non-hydrogen) atoms. The number of H-pyrrole nitrogens is 1. The number of aromatic nitrogens is 4. The lowest BCUT2D eigenvalue weighted by molar-refractivity contribution is 0.0946. The highest BCUT2D eigenvalue weighted by molar-refractivity contribution is 7.15. The Bertz CT molecular complexity index is 1220. The molecule has 2 N–H and O–H groups in total. The molecule has 1 aliphatic heterocycles. The summed E-state index contributed by atoms with van der Waals surface area (Å²) in [4.78, 5) is 22.3. The quantitative estimate of drug-likeness (QED) is 0.513. The molecule has 0 aliphatic carbocycles. The topological polar surface area (TPSA) is 102 Å². The van der Waals surface area contributed by atoms with Crippen LogP contribution in [0.3, 0.4) is 0 Å². The van der Waals surface area contributed by atoms with Crippen LogP contribution in [0.25, 0.3) is 21.8 Å². The zero-order valence-electron chi connectivity index (χ0n) is 16.0. The first-order valence-corrected chi connectivity index (χ1v) is 10.1. The Morgan fingerprint density at radius 2 is 2.10 bits per heavy atom. The summed E-state index contributed by atoms with van der Waals surface area (Å²) in [5.41, 5.74) is 3.74. The van der Waals surface area contributed by atoms with Gasteiger partial charge in [0.1, 0.15) is 10.7 Å². The van der Waals surface area contributed by atoms with Gasteiger partial charge in [0.2, 0.25) is 6.79 Å². The van der Waals surface area contributed by atoms with Crippen molar-refractivity contribution in [2.75, 3.05) is 6.79 Å². The van der Waals surface area contributed by atoms with E-state index in [1.165, 1.54) is 0 Å². The molecule has 3 aromatic heterocycles. The van der Waals surface area contributed by atoms with Crippen LogP contribution in [0.5, 0.6) is 11.5 Å². The Labute approximate surface area is 175 Å². The number of aryl methyl sites for hydroxylation is 1. The Balaban J connectivity index is 1.27. The van der Waals surface area contributed by atoms with E-state index in [2.05, 4.69) is 25.5 Å². The van der Waals surface area contributed by atoms with E-state index in [0.29, 0.717) is 29.4 Å². The molecule has 8 nitrogen and oxygen atoms in total. The first-order chi connectivity index (χ1) is 14.7. The molecule has 0 saturated carbocycles. The van der Waals surface area contributed by atoms with Gasteiger partial charge >= 0.3 is 0 Å². The molecule has 150 valence electrons. The minimum absolute atomic E-state index is 0.215. The normalized spacial score (nSPS) is 12.2. The minimum Gasteiger partial charge on any atom is -0.454 e. The highest BCUT2D eigenvalue weighted by Gasteiger charge is 2.17. The summed E-state index contributed by atoms with van der Waals surface area (Å²) in [6.45, 7) is 2.54. The van der Waals surface area contributed by atoms with Crippen LogP contribution in [0.2, 0.25) is 0 Å². The Morgan fingerprint density at radius 3 is 2.97 bits per heavy atom. The number of fused-ring (bicyclic) bond motifs is 1. The molecule has 0 atom stereocenters. The van der Waals surface area contributed by atoms with Crippen molar-refractivity contribution in [2.45, 2.75) is 13.5 Å². The number of hydrogen-bond acceptors (Lipinski definition) is 7. The number of rotatable bonds is 5. The highest BCUT2D eigenvalue weighted by atomic mass is 32.1. The lowest BCUT2D eigenvalue weighted by atomic mass is 10.1. The van der Waals surface area contributed by atoms with Gasteiger partial charge in [-0.25, -0.2) is 4.98 Å². The summed E-state index contributed by atoms with van der Waals surface area (Å²) in [6, 6.07) is 11.1. The molecule has 9 heteroatoms. The number of pyridine rings is 1. The van der Waals surface area contributed by atoms with E-state index >= 15 is 0 Å². The first kappa shape index (κ1) is 18.3. The molecule has 0 fully saturated rings. The molecular weight excluding hydrogens is 402 g/mol. The zero-order valence-corrected chi connectivity index (χ0v) is 16.8. The molecule has 1 aliphatic rings. The monoisotopic (exact) mass is 419 g/mol. The smallest absolute Gasteiger partial charge is 0.269 e. The second-order valence-corrected chi connectivity index (χ2v) is 7.77. The van der Waals surface area contributed by atoms with Crippen LogP contribution in [0.1, 0.15) is 21.1 Å². The number of carbonyl (C=O) groups excluding carboxylic acids is 1. The van der Waals surface area contributed by atoms with E-state index in [4.69, 9.17) is 9.47 Å². The van der Waals surface area contributed by atoms with E-state index in [1.54, 1.807) is 29.8 Å². The summed E-state index contributed by atoms with van der Waals surface area (Å²) in [5.74, 6) is 1.15. The summed E-state index contributed by atoms with van der Waals surface area (Å²) in [6.07, 6.45) is 3.51. The van der Waals surface area contributed by atoms with Crippen molar-refractivity contribution in [1.29, 1.82) is 0 Å². The molecule has 0 saturated heterocycles. The fourth-order valence-electron chi connectivity index (χ4n) is 3.10. The van der Waals surface area contributed by atoms with Gasteiger partial charge in [0.25, 0.3) is 5.91 Å². The maximum absolute atomic E-state index is 12.6. The van der Waals surface area contributed by atoms with Crippen LogP contribution < -0.4 is 14.8 Å². The SMILES string of the molecule is Cc1nc(-c2cccnc2)sc1CNC(=O)c1cc(-c2ccc3c(c2)OCO3)n[nH]1. The minimum atomic E-state index is -0.231. The largest absolute Gasteiger partial charge is 0.454 e. The second-order valence-electron chi connectivity index (χ2n) is 6.69. The first-order valence-electron chi connectivity index (χ1n) is 9.28. The molecular formula is C21H17N5O3S. The van der Waals surface area contributed by atoms with Crippen LogP contribution in [-0.2, 0) is 6.54 Å². The number of carbonyl (C=O) groups is 1. The fraction of sp³-hybridized carbons (Fsp3) is 0.143. The van der Waals surface area contributed by atoms with E-state index in [1.807, 2.05) is 37.3 Å². The van der Waals surface area contributed by atoms with E-state index in [0.717, 1.165) is 26.7 Å². The van der Waals surface area contributed by atoms with Gasteiger partial charge in [-0.05, 0) is 43.3 Å². The van der Waals surface area contributed by atoms with Gasteiger partial charge in [-0.15, -0.1) is 11.3 Å². The van der Waals surface area contributed by atoms with E-state index in [-0.39, 0.29) is 12.7 Å². The fourth-order valence-corrected chi connectivity index (χ4v) is 4.09. The molecule has 0 bridgehead atoms. The van der Waals surface area contributed by atoms with Crippen molar-refractivity contribution < 1.29 is 14.3 Å². The summed E-state index contributed by atoms with van der Waals surface area (Å²) in [5, 5.41) is 10.9. The van der Waals surface area contributed by atoms with Crippen molar-refractivity contribution in [3.05, 3.63) is 65.1 Å². The van der Waals surface area contributed by atoms with Crippen LogP contribution in [0.15, 0.2) is 48.8 Å². The number of nitrogens with zero attached hydrogens (tertiary/aromatic N) is 3. The molecule has 0 spiro atoms. The van der Waals surface area contributed by atoms with Gasteiger partial charge in [-0.2, -0.15) is 5.10 Å². The van der Waals surface area contributed by atoms with Gasteiger partial charge in [-0.3, -0.25) is 14.9 Å². The van der Waals surface area contributed by atoms with E-state index < -0.39 is 0 Å².